The summed E-state index contributed by atoms with van der Waals surface area (Å²) in [6, 6.07) is 3.45. The quantitative estimate of drug-likeness (QED) is 0.358. The van der Waals surface area contributed by atoms with Crippen molar-refractivity contribution in [1.82, 2.24) is 9.88 Å². The van der Waals surface area contributed by atoms with Crippen LogP contribution in [0.2, 0.25) is 0 Å². The Balaban J connectivity index is 2.80. The first-order valence-electron chi connectivity index (χ1n) is 6.31. The summed E-state index contributed by atoms with van der Waals surface area (Å²) in [6.45, 7) is 5.04. The van der Waals surface area contributed by atoms with Crippen molar-refractivity contribution >= 4 is 27.7 Å². The number of oxime groups is 1. The van der Waals surface area contributed by atoms with Crippen molar-refractivity contribution in [3.05, 3.63) is 28.5 Å². The van der Waals surface area contributed by atoms with Crippen molar-refractivity contribution in [1.29, 1.82) is 0 Å². The molecule has 1 rings (SSSR count). The molecule has 0 radical (unpaired) electrons. The minimum Gasteiger partial charge on any atom is -0.409 e. The fraction of sp³-hybridized carbons (Fsp3) is 0.462. The number of halogens is 1. The summed E-state index contributed by atoms with van der Waals surface area (Å²) in [5.41, 5.74) is 5.83. The first kappa shape index (κ1) is 16.4. The smallest absolute Gasteiger partial charge is 0.272 e. The molecule has 3 N–H and O–H groups in total. The van der Waals surface area contributed by atoms with E-state index in [4.69, 9.17) is 10.9 Å². The summed E-state index contributed by atoms with van der Waals surface area (Å²) in [4.78, 5) is 18.2. The molecule has 20 heavy (non-hydrogen) atoms. The van der Waals surface area contributed by atoms with Gasteiger partial charge in [-0.3, -0.25) is 4.79 Å². The van der Waals surface area contributed by atoms with E-state index in [1.54, 1.807) is 23.2 Å². The van der Waals surface area contributed by atoms with Crippen LogP contribution in [0.3, 0.4) is 0 Å². The third-order valence-electron chi connectivity index (χ3n) is 2.59. The summed E-state index contributed by atoms with van der Waals surface area (Å²) in [7, 11) is 0. The number of hydrogen-bond acceptors (Lipinski definition) is 4. The van der Waals surface area contributed by atoms with Crippen LogP contribution in [-0.2, 0) is 0 Å². The monoisotopic (exact) mass is 342 g/mol. The molecule has 0 saturated carbocycles. The summed E-state index contributed by atoms with van der Waals surface area (Å²) in [5.74, 6) is 0.272. The second-order valence-corrected chi connectivity index (χ2v) is 5.76. The second kappa shape index (κ2) is 7.84. The number of nitrogens with two attached hydrogens (primary N) is 1. The first-order chi connectivity index (χ1) is 9.43. The molecule has 0 saturated heterocycles. The van der Waals surface area contributed by atoms with Crippen LogP contribution in [0.4, 0.5) is 0 Å². The predicted octanol–water partition coefficient (Wildman–Crippen LogP) is 2.08. The average molecular weight is 343 g/mol. The SMILES string of the molecule is CC(C)CN(CCC(N)=NO)C(=O)c1ccc(Br)cn1. The van der Waals surface area contributed by atoms with Gasteiger partial charge in [-0.15, -0.1) is 0 Å². The maximum Gasteiger partial charge on any atom is 0.272 e. The summed E-state index contributed by atoms with van der Waals surface area (Å²) in [5, 5.41) is 11.5. The van der Waals surface area contributed by atoms with Gasteiger partial charge in [-0.2, -0.15) is 0 Å². The van der Waals surface area contributed by atoms with Crippen LogP contribution in [-0.4, -0.2) is 39.9 Å². The normalized spacial score (nSPS) is 11.7. The van der Waals surface area contributed by atoms with E-state index < -0.39 is 0 Å². The van der Waals surface area contributed by atoms with E-state index in [0.29, 0.717) is 31.1 Å². The number of rotatable bonds is 6. The van der Waals surface area contributed by atoms with Crippen LogP contribution in [0.25, 0.3) is 0 Å². The van der Waals surface area contributed by atoms with Crippen molar-refractivity contribution < 1.29 is 10.0 Å². The van der Waals surface area contributed by atoms with Gasteiger partial charge in [0.05, 0.1) is 0 Å². The largest absolute Gasteiger partial charge is 0.409 e. The number of aromatic nitrogens is 1. The molecular formula is C13H19BrN4O2. The molecule has 1 amide bonds. The number of hydrogen-bond donors (Lipinski definition) is 2. The second-order valence-electron chi connectivity index (χ2n) is 4.85. The fourth-order valence-corrected chi connectivity index (χ4v) is 1.91. The highest BCUT2D eigenvalue weighted by atomic mass is 79.9. The number of carbonyl (C=O) groups is 1. The highest BCUT2D eigenvalue weighted by Gasteiger charge is 2.18. The maximum atomic E-state index is 12.4. The molecule has 0 aliphatic carbocycles. The lowest BCUT2D eigenvalue weighted by Crippen LogP contribution is -2.37. The number of pyridine rings is 1. The zero-order valence-corrected chi connectivity index (χ0v) is 13.2. The van der Waals surface area contributed by atoms with Gasteiger partial charge in [0.2, 0.25) is 0 Å². The predicted molar refractivity (Wildman–Crippen MR) is 80.7 cm³/mol. The highest BCUT2D eigenvalue weighted by molar-refractivity contribution is 9.10. The summed E-state index contributed by atoms with van der Waals surface area (Å²) < 4.78 is 0.820. The van der Waals surface area contributed by atoms with E-state index in [1.807, 2.05) is 13.8 Å². The number of nitrogens with zero attached hydrogens (tertiary/aromatic N) is 3. The Morgan fingerprint density at radius 2 is 2.25 bits per heavy atom. The maximum absolute atomic E-state index is 12.4. The number of amidine groups is 1. The van der Waals surface area contributed by atoms with Crippen LogP contribution < -0.4 is 5.73 Å². The van der Waals surface area contributed by atoms with Crippen molar-refractivity contribution in [3.8, 4) is 0 Å². The lowest BCUT2D eigenvalue weighted by molar-refractivity contribution is 0.0734. The minimum atomic E-state index is -0.156. The van der Waals surface area contributed by atoms with E-state index in [0.717, 1.165) is 4.47 Å². The molecule has 0 aliphatic heterocycles. The van der Waals surface area contributed by atoms with E-state index >= 15 is 0 Å². The molecular weight excluding hydrogens is 324 g/mol. The molecule has 0 spiro atoms. The van der Waals surface area contributed by atoms with E-state index in [2.05, 4.69) is 26.1 Å². The lowest BCUT2D eigenvalue weighted by Gasteiger charge is -2.24. The third-order valence-corrected chi connectivity index (χ3v) is 3.05. The lowest BCUT2D eigenvalue weighted by atomic mass is 10.2. The van der Waals surface area contributed by atoms with E-state index in [9.17, 15) is 4.79 Å². The number of carbonyl (C=O) groups excluding carboxylic acids is 1. The molecule has 1 aromatic rings. The average Bonchev–Trinajstić information content (AvgIpc) is 2.42. The van der Waals surface area contributed by atoms with Gasteiger partial charge in [-0.25, -0.2) is 4.98 Å². The molecule has 0 aliphatic rings. The Morgan fingerprint density at radius 1 is 1.55 bits per heavy atom. The van der Waals surface area contributed by atoms with Crippen LogP contribution in [0, 0.1) is 5.92 Å². The Hall–Kier alpha value is -1.63. The standard InChI is InChI=1S/C13H19BrN4O2/c1-9(2)8-18(6-5-12(15)17-20)13(19)11-4-3-10(14)7-16-11/h3-4,7,9,20H,5-6,8H2,1-2H3,(H2,15,17). The summed E-state index contributed by atoms with van der Waals surface area (Å²) >= 11 is 3.28. The van der Waals surface area contributed by atoms with Crippen LogP contribution in [0.5, 0.6) is 0 Å². The van der Waals surface area contributed by atoms with Crippen LogP contribution in [0.1, 0.15) is 30.8 Å². The number of amides is 1. The van der Waals surface area contributed by atoms with E-state index in [-0.39, 0.29) is 11.7 Å². The molecule has 6 nitrogen and oxygen atoms in total. The van der Waals surface area contributed by atoms with Gasteiger partial charge in [0.15, 0.2) is 0 Å². The van der Waals surface area contributed by atoms with Gasteiger partial charge in [-0.1, -0.05) is 19.0 Å². The zero-order chi connectivity index (χ0) is 15.1. The Labute approximate surface area is 126 Å². The molecule has 7 heteroatoms. The Morgan fingerprint density at radius 3 is 2.75 bits per heavy atom. The molecule has 0 fully saturated rings. The van der Waals surface area contributed by atoms with Crippen LogP contribution >= 0.6 is 15.9 Å². The van der Waals surface area contributed by atoms with Crippen molar-refractivity contribution in [3.63, 3.8) is 0 Å². The van der Waals surface area contributed by atoms with Gasteiger partial charge in [-0.05, 0) is 34.0 Å². The van der Waals surface area contributed by atoms with Gasteiger partial charge in [0, 0.05) is 30.2 Å². The van der Waals surface area contributed by atoms with E-state index in [1.165, 1.54) is 0 Å². The third kappa shape index (κ3) is 5.16. The molecule has 0 bridgehead atoms. The van der Waals surface area contributed by atoms with Gasteiger partial charge < -0.3 is 15.8 Å². The highest BCUT2D eigenvalue weighted by Crippen LogP contribution is 2.11. The summed E-state index contributed by atoms with van der Waals surface area (Å²) in [6.07, 6.45) is 1.91. The van der Waals surface area contributed by atoms with Crippen molar-refractivity contribution in [2.24, 2.45) is 16.8 Å². The first-order valence-corrected chi connectivity index (χ1v) is 7.10. The zero-order valence-electron chi connectivity index (χ0n) is 11.6. The minimum absolute atomic E-state index is 0.107. The Bertz CT molecular complexity index is 474. The topological polar surface area (TPSA) is 91.8 Å². The molecule has 0 unspecified atom stereocenters. The molecule has 1 heterocycles. The van der Waals surface area contributed by atoms with Gasteiger partial charge >= 0.3 is 0 Å². The molecule has 110 valence electrons. The Kier molecular flexibility index (Phi) is 6.44. The molecule has 0 atom stereocenters. The van der Waals surface area contributed by atoms with Crippen molar-refractivity contribution in [2.75, 3.05) is 13.1 Å². The molecule has 1 aromatic heterocycles. The molecule has 0 aromatic carbocycles. The van der Waals surface area contributed by atoms with Gasteiger partial charge in [0.25, 0.3) is 5.91 Å². The van der Waals surface area contributed by atoms with Crippen LogP contribution in [0.15, 0.2) is 28.0 Å². The fourth-order valence-electron chi connectivity index (χ4n) is 1.68. The van der Waals surface area contributed by atoms with Crippen molar-refractivity contribution in [2.45, 2.75) is 20.3 Å². The van der Waals surface area contributed by atoms with Gasteiger partial charge in [0.1, 0.15) is 11.5 Å².